The van der Waals surface area contributed by atoms with Crippen molar-refractivity contribution in [3.8, 4) is 0 Å². The molecule has 0 amide bonds. The molecular formula is C11H14ClNOS. The zero-order valence-corrected chi connectivity index (χ0v) is 10.2. The number of ether oxygens (including phenoxy) is 1. The van der Waals surface area contributed by atoms with Gasteiger partial charge in [-0.3, -0.25) is 0 Å². The standard InChI is InChI=1S/C11H14ClNOS/c1-15-11-3-2-8(12)6-10(11)13-9-4-5-14-7-9/h2-3,6,9,13H,4-5,7H2,1H3. The zero-order chi connectivity index (χ0) is 10.7. The molecule has 1 saturated heterocycles. The lowest BCUT2D eigenvalue weighted by molar-refractivity contribution is 0.195. The van der Waals surface area contributed by atoms with Crippen LogP contribution >= 0.6 is 23.4 Å². The highest BCUT2D eigenvalue weighted by atomic mass is 35.5. The van der Waals surface area contributed by atoms with Crippen LogP contribution in [0.15, 0.2) is 23.1 Å². The second-order valence-corrected chi connectivity index (χ2v) is 4.83. The topological polar surface area (TPSA) is 21.3 Å². The highest BCUT2D eigenvalue weighted by Crippen LogP contribution is 2.29. The molecule has 1 aromatic carbocycles. The van der Waals surface area contributed by atoms with E-state index in [0.717, 1.165) is 30.3 Å². The largest absolute Gasteiger partial charge is 0.379 e. The van der Waals surface area contributed by atoms with Crippen molar-refractivity contribution in [3.63, 3.8) is 0 Å². The summed E-state index contributed by atoms with van der Waals surface area (Å²) < 4.78 is 5.33. The fourth-order valence-corrected chi connectivity index (χ4v) is 2.38. The van der Waals surface area contributed by atoms with E-state index in [9.17, 15) is 0 Å². The van der Waals surface area contributed by atoms with Crippen LogP contribution in [0, 0.1) is 0 Å². The van der Waals surface area contributed by atoms with Crippen LogP contribution in [-0.4, -0.2) is 25.5 Å². The Morgan fingerprint density at radius 3 is 3.07 bits per heavy atom. The van der Waals surface area contributed by atoms with Crippen molar-refractivity contribution in [2.75, 3.05) is 24.8 Å². The van der Waals surface area contributed by atoms with Gasteiger partial charge in [-0.15, -0.1) is 11.8 Å². The minimum Gasteiger partial charge on any atom is -0.379 e. The van der Waals surface area contributed by atoms with Crippen molar-refractivity contribution in [2.45, 2.75) is 17.4 Å². The maximum absolute atomic E-state index is 5.98. The molecule has 1 atom stereocenters. The number of rotatable bonds is 3. The van der Waals surface area contributed by atoms with Crippen molar-refractivity contribution < 1.29 is 4.74 Å². The summed E-state index contributed by atoms with van der Waals surface area (Å²) in [5.74, 6) is 0. The van der Waals surface area contributed by atoms with Gasteiger partial charge >= 0.3 is 0 Å². The van der Waals surface area contributed by atoms with Crippen LogP contribution in [0.2, 0.25) is 5.02 Å². The summed E-state index contributed by atoms with van der Waals surface area (Å²) in [7, 11) is 0. The Morgan fingerprint density at radius 1 is 1.53 bits per heavy atom. The summed E-state index contributed by atoms with van der Waals surface area (Å²) in [5.41, 5.74) is 1.12. The first-order valence-electron chi connectivity index (χ1n) is 4.97. The summed E-state index contributed by atoms with van der Waals surface area (Å²) in [6, 6.07) is 6.37. The Bertz CT molecular complexity index is 339. The van der Waals surface area contributed by atoms with Gasteiger partial charge in [-0.05, 0) is 30.9 Å². The van der Waals surface area contributed by atoms with E-state index in [2.05, 4.69) is 11.6 Å². The second kappa shape index (κ2) is 5.10. The minimum atomic E-state index is 0.425. The normalized spacial score (nSPS) is 20.5. The van der Waals surface area contributed by atoms with Crippen LogP contribution in [0.4, 0.5) is 5.69 Å². The maximum atomic E-state index is 5.98. The van der Waals surface area contributed by atoms with E-state index < -0.39 is 0 Å². The predicted molar refractivity (Wildman–Crippen MR) is 66.1 cm³/mol. The van der Waals surface area contributed by atoms with Crippen LogP contribution in [0.5, 0.6) is 0 Å². The molecule has 2 rings (SSSR count). The Hall–Kier alpha value is -0.380. The van der Waals surface area contributed by atoms with Gasteiger partial charge in [0.1, 0.15) is 0 Å². The van der Waals surface area contributed by atoms with Crippen molar-refractivity contribution in [3.05, 3.63) is 23.2 Å². The average molecular weight is 244 g/mol. The first-order chi connectivity index (χ1) is 7.29. The second-order valence-electron chi connectivity index (χ2n) is 3.55. The molecule has 0 aliphatic carbocycles. The summed E-state index contributed by atoms with van der Waals surface area (Å²) in [4.78, 5) is 1.23. The molecule has 4 heteroatoms. The van der Waals surface area contributed by atoms with Crippen LogP contribution in [-0.2, 0) is 4.74 Å². The van der Waals surface area contributed by atoms with E-state index in [0.29, 0.717) is 6.04 Å². The molecule has 2 nitrogen and oxygen atoms in total. The Labute approximate surface area is 99.3 Å². The number of nitrogens with one attached hydrogen (secondary N) is 1. The highest BCUT2D eigenvalue weighted by molar-refractivity contribution is 7.98. The number of thioether (sulfide) groups is 1. The van der Waals surface area contributed by atoms with Gasteiger partial charge in [0, 0.05) is 22.2 Å². The summed E-state index contributed by atoms with van der Waals surface area (Å²) in [6.07, 6.45) is 3.14. The van der Waals surface area contributed by atoms with E-state index in [4.69, 9.17) is 16.3 Å². The number of benzene rings is 1. The first kappa shape index (κ1) is 11.1. The predicted octanol–water partition coefficient (Wildman–Crippen LogP) is 3.26. The van der Waals surface area contributed by atoms with E-state index >= 15 is 0 Å². The molecule has 1 fully saturated rings. The summed E-state index contributed by atoms with van der Waals surface area (Å²) in [5, 5.41) is 4.24. The molecule has 15 heavy (non-hydrogen) atoms. The molecule has 0 bridgehead atoms. The van der Waals surface area contributed by atoms with Crippen molar-refractivity contribution in [2.24, 2.45) is 0 Å². The van der Waals surface area contributed by atoms with Gasteiger partial charge in [0.25, 0.3) is 0 Å². The van der Waals surface area contributed by atoms with Gasteiger partial charge < -0.3 is 10.1 Å². The highest BCUT2D eigenvalue weighted by Gasteiger charge is 2.16. The zero-order valence-electron chi connectivity index (χ0n) is 8.63. The summed E-state index contributed by atoms with van der Waals surface area (Å²) >= 11 is 7.70. The van der Waals surface area contributed by atoms with E-state index in [1.165, 1.54) is 4.90 Å². The fourth-order valence-electron chi connectivity index (χ4n) is 1.66. The number of hydrogen-bond acceptors (Lipinski definition) is 3. The lowest BCUT2D eigenvalue weighted by Crippen LogP contribution is -2.19. The van der Waals surface area contributed by atoms with Gasteiger partial charge in [0.15, 0.2) is 0 Å². The molecule has 1 aliphatic rings. The average Bonchev–Trinajstić information content (AvgIpc) is 2.71. The quantitative estimate of drug-likeness (QED) is 0.824. The molecule has 1 aromatic rings. The van der Waals surface area contributed by atoms with Crippen LogP contribution in [0.1, 0.15) is 6.42 Å². The van der Waals surface area contributed by atoms with Crippen molar-refractivity contribution >= 4 is 29.1 Å². The monoisotopic (exact) mass is 243 g/mol. The third kappa shape index (κ3) is 2.80. The molecule has 0 saturated carbocycles. The number of halogens is 1. The lowest BCUT2D eigenvalue weighted by Gasteiger charge is -2.15. The Morgan fingerprint density at radius 2 is 2.40 bits per heavy atom. The van der Waals surface area contributed by atoms with Crippen molar-refractivity contribution in [1.82, 2.24) is 0 Å². The van der Waals surface area contributed by atoms with Crippen LogP contribution in [0.25, 0.3) is 0 Å². The van der Waals surface area contributed by atoms with Gasteiger partial charge in [0.05, 0.1) is 12.6 Å². The van der Waals surface area contributed by atoms with E-state index in [-0.39, 0.29) is 0 Å². The molecular weight excluding hydrogens is 230 g/mol. The minimum absolute atomic E-state index is 0.425. The SMILES string of the molecule is CSc1ccc(Cl)cc1NC1CCOC1. The fraction of sp³-hybridized carbons (Fsp3) is 0.455. The third-order valence-electron chi connectivity index (χ3n) is 2.45. The molecule has 0 radical (unpaired) electrons. The first-order valence-corrected chi connectivity index (χ1v) is 6.57. The molecule has 0 spiro atoms. The van der Waals surface area contributed by atoms with E-state index in [1.807, 2.05) is 18.2 Å². The van der Waals surface area contributed by atoms with Gasteiger partial charge in [0.2, 0.25) is 0 Å². The molecule has 1 unspecified atom stereocenters. The van der Waals surface area contributed by atoms with Crippen LogP contribution in [0.3, 0.4) is 0 Å². The molecule has 82 valence electrons. The van der Waals surface area contributed by atoms with Gasteiger partial charge in [-0.2, -0.15) is 0 Å². The molecule has 1 N–H and O–H groups in total. The Balaban J connectivity index is 2.14. The van der Waals surface area contributed by atoms with Crippen LogP contribution < -0.4 is 5.32 Å². The number of anilines is 1. The van der Waals surface area contributed by atoms with Gasteiger partial charge in [-0.1, -0.05) is 11.6 Å². The number of hydrogen-bond donors (Lipinski definition) is 1. The maximum Gasteiger partial charge on any atom is 0.0668 e. The smallest absolute Gasteiger partial charge is 0.0668 e. The molecule has 0 aromatic heterocycles. The molecule has 1 aliphatic heterocycles. The third-order valence-corrected chi connectivity index (χ3v) is 3.48. The summed E-state index contributed by atoms with van der Waals surface area (Å²) in [6.45, 7) is 1.65. The lowest BCUT2D eigenvalue weighted by atomic mass is 10.2. The van der Waals surface area contributed by atoms with Gasteiger partial charge in [-0.25, -0.2) is 0 Å². The van der Waals surface area contributed by atoms with Crippen molar-refractivity contribution in [1.29, 1.82) is 0 Å². The van der Waals surface area contributed by atoms with E-state index in [1.54, 1.807) is 11.8 Å². The Kier molecular flexibility index (Phi) is 3.78. The molecule has 1 heterocycles.